The molecule has 1 aromatic heterocycles. The molecular weight excluding hydrogens is 435 g/mol. The number of amides is 1. The summed E-state index contributed by atoms with van der Waals surface area (Å²) in [6.45, 7) is 4.20. The summed E-state index contributed by atoms with van der Waals surface area (Å²) in [6.07, 6.45) is 1.70. The Morgan fingerprint density at radius 2 is 1.84 bits per heavy atom. The van der Waals surface area contributed by atoms with Gasteiger partial charge in [0.1, 0.15) is 5.82 Å². The van der Waals surface area contributed by atoms with Crippen molar-refractivity contribution in [1.82, 2.24) is 14.8 Å². The number of nitrogens with one attached hydrogen (secondary N) is 1. The van der Waals surface area contributed by atoms with Crippen molar-refractivity contribution in [2.24, 2.45) is 0 Å². The van der Waals surface area contributed by atoms with Gasteiger partial charge in [0.25, 0.3) is 0 Å². The van der Waals surface area contributed by atoms with Crippen LogP contribution in [0.5, 0.6) is 17.2 Å². The van der Waals surface area contributed by atoms with Gasteiger partial charge in [-0.3, -0.25) is 9.36 Å². The van der Waals surface area contributed by atoms with E-state index in [2.05, 4.69) is 22.1 Å². The van der Waals surface area contributed by atoms with Crippen LogP contribution in [0.3, 0.4) is 0 Å². The molecule has 0 aliphatic rings. The largest absolute Gasteiger partial charge is 0.493 e. The third-order valence-electron chi connectivity index (χ3n) is 4.43. The van der Waals surface area contributed by atoms with Crippen LogP contribution in [0.15, 0.2) is 54.2 Å². The summed E-state index contributed by atoms with van der Waals surface area (Å²) in [5.74, 6) is 1.14. The first-order valence-electron chi connectivity index (χ1n) is 9.54. The maximum atomic E-state index is 13.8. The van der Waals surface area contributed by atoms with Crippen LogP contribution in [0.25, 0.3) is 11.4 Å². The van der Waals surface area contributed by atoms with Crippen LogP contribution in [0.1, 0.15) is 0 Å². The quantitative estimate of drug-likeness (QED) is 0.363. The van der Waals surface area contributed by atoms with E-state index in [9.17, 15) is 9.18 Å². The van der Waals surface area contributed by atoms with Gasteiger partial charge in [-0.15, -0.1) is 16.8 Å². The second-order valence-electron chi connectivity index (χ2n) is 6.44. The first kappa shape index (κ1) is 23.1. The third kappa shape index (κ3) is 5.02. The van der Waals surface area contributed by atoms with Crippen LogP contribution in [-0.4, -0.2) is 47.8 Å². The summed E-state index contributed by atoms with van der Waals surface area (Å²) in [5.41, 5.74) is 0.820. The van der Waals surface area contributed by atoms with Gasteiger partial charge < -0.3 is 19.5 Å². The van der Waals surface area contributed by atoms with Crippen molar-refractivity contribution >= 4 is 23.4 Å². The van der Waals surface area contributed by atoms with Gasteiger partial charge in [0, 0.05) is 12.1 Å². The molecule has 0 saturated heterocycles. The molecule has 0 aliphatic carbocycles. The summed E-state index contributed by atoms with van der Waals surface area (Å²) >= 11 is 1.18. The number of methoxy groups -OCH3 is 3. The SMILES string of the molecule is C=CCn1c(SCC(=O)Nc2ccccc2F)nnc1-c1cc(OC)c(OC)c(OC)c1. The Balaban J connectivity index is 1.85. The van der Waals surface area contributed by atoms with Crippen molar-refractivity contribution in [3.05, 3.63) is 54.9 Å². The minimum atomic E-state index is -0.495. The van der Waals surface area contributed by atoms with E-state index in [0.29, 0.717) is 40.3 Å². The van der Waals surface area contributed by atoms with E-state index in [4.69, 9.17) is 14.2 Å². The zero-order chi connectivity index (χ0) is 23.1. The molecule has 0 spiro atoms. The summed E-state index contributed by atoms with van der Waals surface area (Å²) in [4.78, 5) is 12.3. The zero-order valence-electron chi connectivity index (χ0n) is 17.9. The average molecular weight is 459 g/mol. The second kappa shape index (κ2) is 10.7. The lowest BCUT2D eigenvalue weighted by atomic mass is 10.1. The predicted molar refractivity (Wildman–Crippen MR) is 121 cm³/mol. The number of nitrogens with zero attached hydrogens (tertiary/aromatic N) is 3. The smallest absolute Gasteiger partial charge is 0.234 e. The van der Waals surface area contributed by atoms with Crippen LogP contribution >= 0.6 is 11.8 Å². The van der Waals surface area contributed by atoms with E-state index in [0.717, 1.165) is 0 Å². The number of allylic oxidation sites excluding steroid dienone is 1. The number of carbonyl (C=O) groups excluding carboxylic acids is 1. The van der Waals surface area contributed by atoms with E-state index in [1.165, 1.54) is 45.2 Å². The van der Waals surface area contributed by atoms with Crippen molar-refractivity contribution in [3.8, 4) is 28.6 Å². The molecule has 3 rings (SSSR count). The van der Waals surface area contributed by atoms with Crippen molar-refractivity contribution in [1.29, 1.82) is 0 Å². The molecule has 3 aromatic rings. The van der Waals surface area contributed by atoms with Gasteiger partial charge in [-0.25, -0.2) is 4.39 Å². The first-order valence-corrected chi connectivity index (χ1v) is 10.5. The Labute approximate surface area is 189 Å². The number of rotatable bonds is 10. The normalized spacial score (nSPS) is 10.5. The first-order chi connectivity index (χ1) is 15.5. The topological polar surface area (TPSA) is 87.5 Å². The van der Waals surface area contributed by atoms with Crippen molar-refractivity contribution in [2.75, 3.05) is 32.4 Å². The molecule has 0 saturated carbocycles. The number of hydrogen-bond acceptors (Lipinski definition) is 7. The number of ether oxygens (including phenoxy) is 3. The van der Waals surface area contributed by atoms with Gasteiger partial charge in [0.15, 0.2) is 22.5 Å². The number of benzene rings is 2. The lowest BCUT2D eigenvalue weighted by Crippen LogP contribution is -2.15. The standard InChI is InChI=1S/C22H23FN4O4S/c1-5-10-27-21(14-11-17(29-2)20(31-4)18(12-14)30-3)25-26-22(27)32-13-19(28)24-16-9-7-6-8-15(16)23/h5-9,11-12H,1,10,13H2,2-4H3,(H,24,28). The van der Waals surface area contributed by atoms with Gasteiger partial charge in [0.2, 0.25) is 11.7 Å². The number of para-hydroxylation sites is 1. The molecule has 10 heteroatoms. The van der Waals surface area contributed by atoms with Crippen LogP contribution in [0.2, 0.25) is 0 Å². The Morgan fingerprint density at radius 1 is 1.16 bits per heavy atom. The highest BCUT2D eigenvalue weighted by Gasteiger charge is 2.20. The summed E-state index contributed by atoms with van der Waals surface area (Å²) in [6, 6.07) is 9.53. The number of anilines is 1. The van der Waals surface area contributed by atoms with Gasteiger partial charge in [0.05, 0.1) is 32.8 Å². The predicted octanol–water partition coefficient (Wildman–Crippen LogP) is 4.03. The Bertz CT molecular complexity index is 1090. The molecule has 8 nitrogen and oxygen atoms in total. The highest BCUT2D eigenvalue weighted by molar-refractivity contribution is 7.99. The van der Waals surface area contributed by atoms with Crippen molar-refractivity contribution in [3.63, 3.8) is 0 Å². The molecule has 1 heterocycles. The zero-order valence-corrected chi connectivity index (χ0v) is 18.7. The minimum Gasteiger partial charge on any atom is -0.493 e. The van der Waals surface area contributed by atoms with Crippen LogP contribution in [0.4, 0.5) is 10.1 Å². The molecular formula is C22H23FN4O4S. The highest BCUT2D eigenvalue weighted by Crippen LogP contribution is 2.41. The van der Waals surface area contributed by atoms with E-state index < -0.39 is 5.82 Å². The van der Waals surface area contributed by atoms with Gasteiger partial charge >= 0.3 is 0 Å². The molecule has 32 heavy (non-hydrogen) atoms. The Hall–Kier alpha value is -3.53. The number of hydrogen-bond donors (Lipinski definition) is 1. The number of aromatic nitrogens is 3. The molecule has 0 bridgehead atoms. The minimum absolute atomic E-state index is 0.0267. The fourth-order valence-electron chi connectivity index (χ4n) is 2.99. The van der Waals surface area contributed by atoms with Crippen molar-refractivity contribution in [2.45, 2.75) is 11.7 Å². The number of thioether (sulfide) groups is 1. The van der Waals surface area contributed by atoms with Gasteiger partial charge in [-0.05, 0) is 24.3 Å². The van der Waals surface area contributed by atoms with Crippen LogP contribution < -0.4 is 19.5 Å². The van der Waals surface area contributed by atoms with Crippen molar-refractivity contribution < 1.29 is 23.4 Å². The molecule has 0 fully saturated rings. The summed E-state index contributed by atoms with van der Waals surface area (Å²) < 4.78 is 31.8. The monoisotopic (exact) mass is 458 g/mol. The number of carbonyl (C=O) groups is 1. The Morgan fingerprint density at radius 3 is 2.44 bits per heavy atom. The van der Waals surface area contributed by atoms with E-state index >= 15 is 0 Å². The lowest BCUT2D eigenvalue weighted by Gasteiger charge is -2.14. The van der Waals surface area contributed by atoms with Crippen LogP contribution in [0, 0.1) is 5.82 Å². The van der Waals surface area contributed by atoms with Crippen LogP contribution in [-0.2, 0) is 11.3 Å². The fraction of sp³-hybridized carbons (Fsp3) is 0.227. The summed E-state index contributed by atoms with van der Waals surface area (Å²) in [7, 11) is 4.59. The molecule has 1 amide bonds. The fourth-order valence-corrected chi connectivity index (χ4v) is 3.74. The van der Waals surface area contributed by atoms with E-state index in [1.807, 2.05) is 4.57 Å². The third-order valence-corrected chi connectivity index (χ3v) is 5.40. The summed E-state index contributed by atoms with van der Waals surface area (Å²) in [5, 5.41) is 11.6. The van der Waals surface area contributed by atoms with E-state index in [1.54, 1.807) is 30.3 Å². The Kier molecular flexibility index (Phi) is 7.72. The lowest BCUT2D eigenvalue weighted by molar-refractivity contribution is -0.113. The molecule has 0 unspecified atom stereocenters. The molecule has 2 aromatic carbocycles. The maximum Gasteiger partial charge on any atom is 0.234 e. The molecule has 0 aliphatic heterocycles. The second-order valence-corrected chi connectivity index (χ2v) is 7.38. The highest BCUT2D eigenvalue weighted by atomic mass is 32.2. The molecule has 0 atom stereocenters. The van der Waals surface area contributed by atoms with Gasteiger partial charge in [-0.2, -0.15) is 0 Å². The molecule has 168 valence electrons. The number of halogens is 1. The average Bonchev–Trinajstić information content (AvgIpc) is 3.21. The van der Waals surface area contributed by atoms with Gasteiger partial charge in [-0.1, -0.05) is 30.0 Å². The van der Waals surface area contributed by atoms with E-state index in [-0.39, 0.29) is 17.3 Å². The maximum absolute atomic E-state index is 13.8. The molecule has 1 N–H and O–H groups in total. The molecule has 0 radical (unpaired) electrons.